The molecule has 0 amide bonds. The Balaban J connectivity index is 2.12. The fourth-order valence-electron chi connectivity index (χ4n) is 2.25. The molecule has 19 heavy (non-hydrogen) atoms. The molecule has 0 N–H and O–H groups in total. The quantitative estimate of drug-likeness (QED) is 0.848. The molecule has 4 nitrogen and oxygen atoms in total. The Kier molecular flexibility index (Phi) is 4.60. The molecule has 0 aromatic heterocycles. The molecular formula is C14H21NO3S. The van der Waals surface area contributed by atoms with E-state index < -0.39 is 10.0 Å². The average molecular weight is 283 g/mol. The third kappa shape index (κ3) is 3.55. The normalized spacial score (nSPS) is 21.5. The molecule has 0 aliphatic carbocycles. The van der Waals surface area contributed by atoms with Crippen LogP contribution in [0, 0.1) is 6.92 Å². The van der Waals surface area contributed by atoms with Gasteiger partial charge in [0.05, 0.1) is 18.5 Å². The van der Waals surface area contributed by atoms with E-state index in [9.17, 15) is 8.42 Å². The van der Waals surface area contributed by atoms with Gasteiger partial charge in [-0.3, -0.25) is 0 Å². The van der Waals surface area contributed by atoms with E-state index in [1.54, 1.807) is 4.31 Å². The number of benzene rings is 1. The zero-order valence-electron chi connectivity index (χ0n) is 11.5. The standard InChI is InChI=1S/C14H21NO3S/c1-3-14-10-15(8-9-18-14)19(16,17)11-13-7-5-4-6-12(13)2/h4-7,14H,3,8-11H2,1-2H3/t14-/m1/s1. The van der Waals surface area contributed by atoms with E-state index in [4.69, 9.17) is 4.74 Å². The maximum atomic E-state index is 12.4. The molecule has 1 heterocycles. The van der Waals surface area contributed by atoms with Crippen LogP contribution in [-0.4, -0.2) is 38.5 Å². The van der Waals surface area contributed by atoms with Crippen LogP contribution < -0.4 is 0 Å². The first-order chi connectivity index (χ1) is 9.03. The maximum Gasteiger partial charge on any atom is 0.218 e. The van der Waals surface area contributed by atoms with Crippen molar-refractivity contribution in [2.75, 3.05) is 19.7 Å². The summed E-state index contributed by atoms with van der Waals surface area (Å²) in [5.41, 5.74) is 1.90. The summed E-state index contributed by atoms with van der Waals surface area (Å²) in [4.78, 5) is 0. The first kappa shape index (κ1) is 14.5. The molecule has 0 radical (unpaired) electrons. The second-order valence-corrected chi connectivity index (χ2v) is 6.91. The molecule has 1 saturated heterocycles. The van der Waals surface area contributed by atoms with Crippen molar-refractivity contribution in [1.29, 1.82) is 0 Å². The van der Waals surface area contributed by atoms with Crippen LogP contribution in [0.4, 0.5) is 0 Å². The second kappa shape index (κ2) is 6.03. The summed E-state index contributed by atoms with van der Waals surface area (Å²) in [6.07, 6.45) is 0.872. The lowest BCUT2D eigenvalue weighted by molar-refractivity contribution is -0.00282. The minimum atomic E-state index is -3.25. The lowest BCUT2D eigenvalue weighted by Gasteiger charge is -2.31. The third-order valence-electron chi connectivity index (χ3n) is 3.55. The summed E-state index contributed by atoms with van der Waals surface area (Å²) >= 11 is 0. The highest BCUT2D eigenvalue weighted by atomic mass is 32.2. The van der Waals surface area contributed by atoms with Gasteiger partial charge in [-0.05, 0) is 24.5 Å². The van der Waals surface area contributed by atoms with Crippen LogP contribution in [0.25, 0.3) is 0 Å². The Bertz CT molecular complexity index is 527. The number of sulfonamides is 1. The molecule has 5 heteroatoms. The molecule has 0 saturated carbocycles. The summed E-state index contributed by atoms with van der Waals surface area (Å²) < 4.78 is 32.0. The van der Waals surface area contributed by atoms with E-state index in [0.717, 1.165) is 17.5 Å². The van der Waals surface area contributed by atoms with E-state index in [1.165, 1.54) is 0 Å². The predicted molar refractivity (Wildman–Crippen MR) is 75.4 cm³/mol. The van der Waals surface area contributed by atoms with E-state index in [-0.39, 0.29) is 11.9 Å². The maximum absolute atomic E-state index is 12.4. The highest BCUT2D eigenvalue weighted by molar-refractivity contribution is 7.88. The highest BCUT2D eigenvalue weighted by Crippen LogP contribution is 2.18. The zero-order valence-corrected chi connectivity index (χ0v) is 12.3. The summed E-state index contributed by atoms with van der Waals surface area (Å²) in [6, 6.07) is 7.63. The first-order valence-electron chi connectivity index (χ1n) is 6.67. The fraction of sp³-hybridized carbons (Fsp3) is 0.571. The van der Waals surface area contributed by atoms with E-state index in [2.05, 4.69) is 0 Å². The van der Waals surface area contributed by atoms with Crippen LogP contribution in [-0.2, 0) is 20.5 Å². The molecular weight excluding hydrogens is 262 g/mol. The number of morpholine rings is 1. The van der Waals surface area contributed by atoms with Gasteiger partial charge in [-0.25, -0.2) is 8.42 Å². The van der Waals surface area contributed by atoms with Crippen molar-refractivity contribution in [3.63, 3.8) is 0 Å². The summed E-state index contributed by atoms with van der Waals surface area (Å²) in [6.45, 7) is 5.39. The van der Waals surface area contributed by atoms with E-state index in [0.29, 0.717) is 19.7 Å². The van der Waals surface area contributed by atoms with Crippen LogP contribution in [0.1, 0.15) is 24.5 Å². The lowest BCUT2D eigenvalue weighted by Crippen LogP contribution is -2.45. The van der Waals surface area contributed by atoms with Gasteiger partial charge >= 0.3 is 0 Å². The van der Waals surface area contributed by atoms with Crippen LogP contribution in [0.3, 0.4) is 0 Å². The molecule has 1 aliphatic rings. The van der Waals surface area contributed by atoms with Gasteiger partial charge in [-0.2, -0.15) is 4.31 Å². The first-order valence-corrected chi connectivity index (χ1v) is 8.28. The van der Waals surface area contributed by atoms with Gasteiger partial charge in [-0.1, -0.05) is 31.2 Å². The lowest BCUT2D eigenvalue weighted by atomic mass is 10.1. The van der Waals surface area contributed by atoms with E-state index >= 15 is 0 Å². The minimum Gasteiger partial charge on any atom is -0.375 e. The summed E-state index contributed by atoms with van der Waals surface area (Å²) in [7, 11) is -3.25. The SMILES string of the molecule is CC[C@@H]1CN(S(=O)(=O)Cc2ccccc2C)CCO1. The van der Waals surface area contributed by atoms with Gasteiger partial charge in [0.1, 0.15) is 0 Å². The van der Waals surface area contributed by atoms with Crippen LogP contribution in [0.15, 0.2) is 24.3 Å². The van der Waals surface area contributed by atoms with Gasteiger partial charge < -0.3 is 4.74 Å². The predicted octanol–water partition coefficient (Wildman–Crippen LogP) is 1.94. The number of hydrogen-bond acceptors (Lipinski definition) is 3. The molecule has 0 bridgehead atoms. The minimum absolute atomic E-state index is 0.0281. The number of ether oxygens (including phenoxy) is 1. The topological polar surface area (TPSA) is 46.6 Å². The average Bonchev–Trinajstić information content (AvgIpc) is 2.41. The number of rotatable bonds is 4. The Morgan fingerprint density at radius 2 is 2.11 bits per heavy atom. The molecule has 1 aromatic carbocycles. The second-order valence-electron chi connectivity index (χ2n) is 4.94. The smallest absolute Gasteiger partial charge is 0.218 e. The molecule has 0 spiro atoms. The Hall–Kier alpha value is -0.910. The molecule has 106 valence electrons. The van der Waals surface area contributed by atoms with Gasteiger partial charge in [0.25, 0.3) is 0 Å². The Labute approximate surface area is 115 Å². The Morgan fingerprint density at radius 1 is 1.37 bits per heavy atom. The van der Waals surface area contributed by atoms with Gasteiger partial charge in [0.15, 0.2) is 0 Å². The van der Waals surface area contributed by atoms with Crippen molar-refractivity contribution in [2.45, 2.75) is 32.1 Å². The number of aryl methyl sites for hydroxylation is 1. The molecule has 1 aliphatic heterocycles. The van der Waals surface area contributed by atoms with E-state index in [1.807, 2.05) is 38.1 Å². The van der Waals surface area contributed by atoms with Crippen molar-refractivity contribution in [3.05, 3.63) is 35.4 Å². The van der Waals surface area contributed by atoms with Crippen molar-refractivity contribution in [1.82, 2.24) is 4.31 Å². The number of hydrogen-bond donors (Lipinski definition) is 0. The largest absolute Gasteiger partial charge is 0.375 e. The van der Waals surface area contributed by atoms with Crippen LogP contribution in [0.5, 0.6) is 0 Å². The van der Waals surface area contributed by atoms with Gasteiger partial charge in [0.2, 0.25) is 10.0 Å². The molecule has 1 atom stereocenters. The third-order valence-corrected chi connectivity index (χ3v) is 5.34. The van der Waals surface area contributed by atoms with Crippen molar-refractivity contribution < 1.29 is 13.2 Å². The zero-order chi connectivity index (χ0) is 13.9. The molecule has 1 aromatic rings. The highest BCUT2D eigenvalue weighted by Gasteiger charge is 2.28. The van der Waals surface area contributed by atoms with Gasteiger partial charge in [0, 0.05) is 13.1 Å². The number of nitrogens with zero attached hydrogens (tertiary/aromatic N) is 1. The van der Waals surface area contributed by atoms with Crippen molar-refractivity contribution >= 4 is 10.0 Å². The monoisotopic (exact) mass is 283 g/mol. The van der Waals surface area contributed by atoms with Crippen molar-refractivity contribution in [3.8, 4) is 0 Å². The van der Waals surface area contributed by atoms with Crippen LogP contribution in [0.2, 0.25) is 0 Å². The molecule has 0 unspecified atom stereocenters. The fourth-order valence-corrected chi connectivity index (χ4v) is 3.90. The van der Waals surface area contributed by atoms with Crippen molar-refractivity contribution in [2.24, 2.45) is 0 Å². The Morgan fingerprint density at radius 3 is 2.79 bits per heavy atom. The van der Waals surface area contributed by atoms with Gasteiger partial charge in [-0.15, -0.1) is 0 Å². The summed E-state index contributed by atoms with van der Waals surface area (Å²) in [5, 5.41) is 0. The molecule has 1 fully saturated rings. The molecule has 2 rings (SSSR count). The summed E-state index contributed by atoms with van der Waals surface area (Å²) in [5.74, 6) is 0.0795. The van der Waals surface area contributed by atoms with Crippen LogP contribution >= 0.6 is 0 Å².